The Labute approximate surface area is 156 Å². The Kier molecular flexibility index (Phi) is 6.87. The zero-order chi connectivity index (χ0) is 19.8. The zero-order valence-corrected chi connectivity index (χ0v) is 15.2. The smallest absolute Gasteiger partial charge is 0.323 e. The zero-order valence-electron chi connectivity index (χ0n) is 15.2. The molecule has 8 heteroatoms. The molecule has 0 atom stereocenters. The third kappa shape index (κ3) is 5.27. The molecule has 0 unspecified atom stereocenters. The molecule has 0 heterocycles. The number of hydrogen-bond acceptors (Lipinski definition) is 4. The van der Waals surface area contributed by atoms with Crippen LogP contribution in [0.15, 0.2) is 53.9 Å². The SMILES string of the molecule is C/C=N\N(C)/C(=C/F)c1cc(NC(=O)Nc2cccc(F)c2)ccc1OC. The standard InChI is InChI=1S/C19H20F2N4O2/c1-4-22-25(2)17(12-20)16-11-15(8-9-18(16)27-3)24-19(26)23-14-7-5-6-13(21)10-14/h4-12H,1-3H3,(H2,23,24,26)/b17-12+,22-4-. The maximum atomic E-state index is 13.5. The van der Waals surface area contributed by atoms with Gasteiger partial charge in [-0.1, -0.05) is 6.07 Å². The summed E-state index contributed by atoms with van der Waals surface area (Å²) in [5, 5.41) is 10.5. The quantitative estimate of drug-likeness (QED) is 0.570. The predicted molar refractivity (Wildman–Crippen MR) is 103 cm³/mol. The van der Waals surface area contributed by atoms with Crippen LogP contribution in [-0.2, 0) is 0 Å². The average Bonchev–Trinajstić information content (AvgIpc) is 2.63. The lowest BCUT2D eigenvalue weighted by Crippen LogP contribution is -2.19. The van der Waals surface area contributed by atoms with E-state index in [1.807, 2.05) is 0 Å². The van der Waals surface area contributed by atoms with Crippen LogP contribution < -0.4 is 15.4 Å². The lowest BCUT2D eigenvalue weighted by molar-refractivity contribution is 0.262. The number of anilines is 2. The van der Waals surface area contributed by atoms with Crippen molar-refractivity contribution in [2.75, 3.05) is 24.8 Å². The number of halogens is 2. The van der Waals surface area contributed by atoms with Gasteiger partial charge in [0.25, 0.3) is 0 Å². The molecule has 0 aliphatic carbocycles. The molecule has 0 saturated heterocycles. The van der Waals surface area contributed by atoms with E-state index in [1.165, 1.54) is 36.5 Å². The molecule has 0 radical (unpaired) electrons. The van der Waals surface area contributed by atoms with Crippen LogP contribution in [-0.4, -0.2) is 31.4 Å². The van der Waals surface area contributed by atoms with Gasteiger partial charge in [0.2, 0.25) is 0 Å². The number of methoxy groups -OCH3 is 1. The Morgan fingerprint density at radius 2 is 1.89 bits per heavy atom. The highest BCUT2D eigenvalue weighted by Gasteiger charge is 2.15. The van der Waals surface area contributed by atoms with Gasteiger partial charge in [-0.05, 0) is 43.3 Å². The Morgan fingerprint density at radius 3 is 2.48 bits per heavy atom. The van der Waals surface area contributed by atoms with Gasteiger partial charge in [-0.25, -0.2) is 13.6 Å². The Hall–Kier alpha value is -3.42. The van der Waals surface area contributed by atoms with Crippen molar-refractivity contribution < 1.29 is 18.3 Å². The van der Waals surface area contributed by atoms with Gasteiger partial charge < -0.3 is 15.4 Å². The van der Waals surface area contributed by atoms with Crippen molar-refractivity contribution in [3.05, 3.63) is 60.2 Å². The molecule has 0 aliphatic heterocycles. The molecule has 2 rings (SSSR count). The van der Waals surface area contributed by atoms with Crippen molar-refractivity contribution in [1.29, 1.82) is 0 Å². The van der Waals surface area contributed by atoms with Crippen LogP contribution in [0.25, 0.3) is 5.70 Å². The second kappa shape index (κ2) is 9.33. The minimum Gasteiger partial charge on any atom is -0.496 e. The third-order valence-corrected chi connectivity index (χ3v) is 3.56. The largest absolute Gasteiger partial charge is 0.496 e. The van der Waals surface area contributed by atoms with Gasteiger partial charge in [0.15, 0.2) is 0 Å². The number of hydrogen-bond donors (Lipinski definition) is 2. The molecule has 0 bridgehead atoms. The van der Waals surface area contributed by atoms with Gasteiger partial charge in [0.05, 0.1) is 12.8 Å². The Morgan fingerprint density at radius 1 is 1.19 bits per heavy atom. The summed E-state index contributed by atoms with van der Waals surface area (Å²) in [4.78, 5) is 12.1. The van der Waals surface area contributed by atoms with Crippen LogP contribution in [0.2, 0.25) is 0 Å². The van der Waals surface area contributed by atoms with Gasteiger partial charge in [-0.15, -0.1) is 0 Å². The molecule has 0 saturated carbocycles. The van der Waals surface area contributed by atoms with Crippen molar-refractivity contribution in [1.82, 2.24) is 5.01 Å². The highest BCUT2D eigenvalue weighted by atomic mass is 19.1. The summed E-state index contributed by atoms with van der Waals surface area (Å²) in [6.07, 6.45) is 1.92. The number of urea groups is 1. The maximum Gasteiger partial charge on any atom is 0.323 e. The number of ether oxygens (including phenoxy) is 1. The van der Waals surface area contributed by atoms with Crippen LogP contribution in [0.4, 0.5) is 25.0 Å². The van der Waals surface area contributed by atoms with Gasteiger partial charge in [-0.3, -0.25) is 5.01 Å². The summed E-state index contributed by atoms with van der Waals surface area (Å²) in [7, 11) is 3.04. The summed E-state index contributed by atoms with van der Waals surface area (Å²) in [6, 6.07) is 9.70. The number of amides is 2. The van der Waals surface area contributed by atoms with E-state index >= 15 is 0 Å². The Bertz CT molecular complexity index is 869. The summed E-state index contributed by atoms with van der Waals surface area (Å²) < 4.78 is 32.0. The van der Waals surface area contributed by atoms with Crippen LogP contribution in [0, 0.1) is 5.82 Å². The number of nitrogens with zero attached hydrogens (tertiary/aromatic N) is 2. The van der Waals surface area contributed by atoms with Gasteiger partial charge in [0.1, 0.15) is 17.9 Å². The highest BCUT2D eigenvalue weighted by Crippen LogP contribution is 2.31. The van der Waals surface area contributed by atoms with Crippen LogP contribution >= 0.6 is 0 Å². The van der Waals surface area contributed by atoms with E-state index < -0.39 is 11.8 Å². The molecule has 0 spiro atoms. The molecule has 0 fully saturated rings. The molecule has 2 N–H and O–H groups in total. The van der Waals surface area contributed by atoms with Crippen molar-refractivity contribution in [3.63, 3.8) is 0 Å². The lowest BCUT2D eigenvalue weighted by Gasteiger charge is -2.19. The summed E-state index contributed by atoms with van der Waals surface area (Å²) in [6.45, 7) is 1.71. The minimum absolute atomic E-state index is 0.152. The molecule has 2 aromatic carbocycles. The molecular weight excluding hydrogens is 354 g/mol. The van der Waals surface area contributed by atoms with Gasteiger partial charge in [0, 0.05) is 30.2 Å². The first-order valence-electron chi connectivity index (χ1n) is 8.03. The molecule has 2 amide bonds. The number of carbonyl (C=O) groups excluding carboxylic acids is 1. The first-order chi connectivity index (χ1) is 13.0. The number of benzene rings is 2. The van der Waals surface area contributed by atoms with E-state index in [9.17, 15) is 13.6 Å². The number of hydrazone groups is 1. The minimum atomic E-state index is -0.567. The fourth-order valence-electron chi connectivity index (χ4n) is 2.38. The highest BCUT2D eigenvalue weighted by molar-refractivity contribution is 6.00. The fourth-order valence-corrected chi connectivity index (χ4v) is 2.38. The topological polar surface area (TPSA) is 66.0 Å². The molecule has 6 nitrogen and oxygen atoms in total. The second-order valence-corrected chi connectivity index (χ2v) is 5.40. The first kappa shape index (κ1) is 19.9. The van der Waals surface area contributed by atoms with Crippen molar-refractivity contribution in [2.24, 2.45) is 5.10 Å². The summed E-state index contributed by atoms with van der Waals surface area (Å²) >= 11 is 0. The molecule has 0 aromatic heterocycles. The molecule has 0 aliphatic rings. The predicted octanol–water partition coefficient (Wildman–Crippen LogP) is 4.68. The molecule has 2 aromatic rings. The maximum absolute atomic E-state index is 13.5. The second-order valence-electron chi connectivity index (χ2n) is 5.40. The number of rotatable bonds is 6. The molecule has 27 heavy (non-hydrogen) atoms. The van der Waals surface area contributed by atoms with Crippen molar-refractivity contribution >= 4 is 29.3 Å². The van der Waals surface area contributed by atoms with E-state index in [2.05, 4.69) is 15.7 Å². The fraction of sp³-hybridized carbons (Fsp3) is 0.158. The monoisotopic (exact) mass is 374 g/mol. The van der Waals surface area contributed by atoms with Crippen molar-refractivity contribution in [2.45, 2.75) is 6.92 Å². The van der Waals surface area contributed by atoms with E-state index in [0.717, 1.165) is 0 Å². The van der Waals surface area contributed by atoms with Crippen LogP contribution in [0.3, 0.4) is 0 Å². The average molecular weight is 374 g/mol. The van der Waals surface area contributed by atoms with Gasteiger partial charge in [-0.2, -0.15) is 5.10 Å². The summed E-state index contributed by atoms with van der Waals surface area (Å²) in [5.74, 6) is -0.0510. The van der Waals surface area contributed by atoms with Crippen LogP contribution in [0.5, 0.6) is 5.75 Å². The van der Waals surface area contributed by atoms with E-state index in [0.29, 0.717) is 29.0 Å². The van der Waals surface area contributed by atoms with E-state index in [4.69, 9.17) is 4.74 Å². The number of carbonyl (C=O) groups is 1. The number of nitrogens with one attached hydrogen (secondary N) is 2. The van der Waals surface area contributed by atoms with Crippen LogP contribution in [0.1, 0.15) is 12.5 Å². The summed E-state index contributed by atoms with van der Waals surface area (Å²) in [5.41, 5.74) is 1.26. The molecular formula is C19H20F2N4O2. The van der Waals surface area contributed by atoms with E-state index in [1.54, 1.807) is 38.2 Å². The first-order valence-corrected chi connectivity index (χ1v) is 8.03. The van der Waals surface area contributed by atoms with Gasteiger partial charge >= 0.3 is 6.03 Å². The normalized spacial score (nSPS) is 11.4. The van der Waals surface area contributed by atoms with Crippen molar-refractivity contribution in [3.8, 4) is 5.75 Å². The molecule has 142 valence electrons. The third-order valence-electron chi connectivity index (χ3n) is 3.56. The Balaban J connectivity index is 2.24. The lowest BCUT2D eigenvalue weighted by atomic mass is 10.1. The van der Waals surface area contributed by atoms with E-state index in [-0.39, 0.29) is 5.70 Å².